The molecule has 0 aliphatic heterocycles. The molecule has 0 spiro atoms. The zero-order valence-corrected chi connectivity index (χ0v) is 22.5. The highest BCUT2D eigenvalue weighted by Crippen LogP contribution is 2.37. The van der Waals surface area contributed by atoms with E-state index in [0.29, 0.717) is 46.0 Å². The first-order valence-electron chi connectivity index (χ1n) is 12.1. The van der Waals surface area contributed by atoms with Crippen molar-refractivity contribution in [3.63, 3.8) is 0 Å². The Morgan fingerprint density at radius 1 is 1.00 bits per heavy atom. The molecule has 3 aromatic heterocycles. The van der Waals surface area contributed by atoms with Crippen molar-refractivity contribution >= 4 is 13.7 Å². The largest absolute Gasteiger partial charge is 0.493 e. The predicted octanol–water partition coefficient (Wildman–Crippen LogP) is 5.74. The average Bonchev–Trinajstić information content (AvgIpc) is 3.70. The maximum absolute atomic E-state index is 11.4. The van der Waals surface area contributed by atoms with Crippen LogP contribution in [0, 0.1) is 6.92 Å². The van der Waals surface area contributed by atoms with Crippen molar-refractivity contribution < 1.29 is 37.4 Å². The first-order chi connectivity index (χ1) is 19.3. The van der Waals surface area contributed by atoms with Crippen molar-refractivity contribution in [3.05, 3.63) is 102 Å². The lowest BCUT2D eigenvalue weighted by molar-refractivity contribution is 0.275. The second-order valence-electron chi connectivity index (χ2n) is 8.62. The second-order valence-corrected chi connectivity index (χ2v) is 10.1. The molecule has 0 amide bonds. The molecule has 2 N–H and O–H groups in total. The number of ether oxygens (including phenoxy) is 3. The molecule has 0 saturated heterocycles. The maximum Gasteiger partial charge on any atom is 0.349 e. The zero-order chi connectivity index (χ0) is 28.1. The van der Waals surface area contributed by atoms with Crippen LogP contribution in [-0.4, -0.2) is 31.7 Å². The summed E-state index contributed by atoms with van der Waals surface area (Å²) in [5.41, 5.74) is 2.59. The van der Waals surface area contributed by atoms with Crippen molar-refractivity contribution in [2.24, 2.45) is 0 Å². The summed E-state index contributed by atoms with van der Waals surface area (Å²) in [6.07, 6.45) is 2.87. The summed E-state index contributed by atoms with van der Waals surface area (Å²) < 4.78 is 41.3. The molecule has 5 aromatic rings. The van der Waals surface area contributed by atoms with Crippen LogP contribution in [0.25, 0.3) is 23.4 Å². The molecular formula is C28H26N3O8P. The van der Waals surface area contributed by atoms with E-state index in [1.54, 1.807) is 48.4 Å². The lowest BCUT2D eigenvalue weighted by Crippen LogP contribution is -2.02. The predicted molar refractivity (Wildman–Crippen MR) is 145 cm³/mol. The van der Waals surface area contributed by atoms with Gasteiger partial charge in [-0.3, -0.25) is 4.57 Å². The van der Waals surface area contributed by atoms with Crippen LogP contribution >= 0.6 is 7.60 Å². The van der Waals surface area contributed by atoms with Gasteiger partial charge in [0.25, 0.3) is 5.89 Å². The molecule has 0 aliphatic rings. The average molecular weight is 564 g/mol. The van der Waals surface area contributed by atoms with Gasteiger partial charge in [0, 0.05) is 11.9 Å². The highest BCUT2D eigenvalue weighted by molar-refractivity contribution is 7.55. The number of methoxy groups -OCH3 is 1. The number of hydrogen-bond acceptors (Lipinski definition) is 8. The van der Waals surface area contributed by atoms with Gasteiger partial charge >= 0.3 is 7.60 Å². The Hall–Kier alpha value is -4.57. The van der Waals surface area contributed by atoms with Crippen molar-refractivity contribution in [1.29, 1.82) is 0 Å². The fourth-order valence-electron chi connectivity index (χ4n) is 3.80. The van der Waals surface area contributed by atoms with Gasteiger partial charge in [0.15, 0.2) is 17.3 Å². The smallest absolute Gasteiger partial charge is 0.349 e. The number of rotatable bonds is 11. The molecule has 11 nitrogen and oxygen atoms in total. The van der Waals surface area contributed by atoms with Crippen LogP contribution in [0.3, 0.4) is 0 Å². The Kier molecular flexibility index (Phi) is 7.88. The topological polar surface area (TPSA) is 142 Å². The Morgan fingerprint density at radius 2 is 1.82 bits per heavy atom. The van der Waals surface area contributed by atoms with E-state index < -0.39 is 7.60 Å². The normalized spacial score (nSPS) is 11.7. The van der Waals surface area contributed by atoms with Gasteiger partial charge in [-0.2, -0.15) is 0 Å². The van der Waals surface area contributed by atoms with Gasteiger partial charge in [-0.25, -0.2) is 9.67 Å². The van der Waals surface area contributed by atoms with E-state index in [9.17, 15) is 14.4 Å². The van der Waals surface area contributed by atoms with Crippen molar-refractivity contribution in [1.82, 2.24) is 14.8 Å². The fraction of sp³-hybridized carbons (Fsp3) is 0.143. The first kappa shape index (κ1) is 27.0. The van der Waals surface area contributed by atoms with Crippen LogP contribution in [0.2, 0.25) is 0 Å². The van der Waals surface area contributed by atoms with Crippen molar-refractivity contribution in [2.75, 3.05) is 7.11 Å². The molecule has 0 atom stereocenters. The Balaban J connectivity index is 1.28. The maximum atomic E-state index is 11.4. The van der Waals surface area contributed by atoms with Gasteiger partial charge in [0.1, 0.15) is 24.7 Å². The lowest BCUT2D eigenvalue weighted by atomic mass is 10.2. The quantitative estimate of drug-likeness (QED) is 0.191. The zero-order valence-electron chi connectivity index (χ0n) is 21.6. The third-order valence-electron chi connectivity index (χ3n) is 5.76. The summed E-state index contributed by atoms with van der Waals surface area (Å²) in [5.74, 6) is 3.68. The summed E-state index contributed by atoms with van der Waals surface area (Å²) in [6, 6.07) is 19.7. The highest BCUT2D eigenvalue weighted by Gasteiger charge is 2.16. The molecule has 12 heteroatoms. The summed E-state index contributed by atoms with van der Waals surface area (Å²) in [7, 11) is -2.80. The molecule has 0 radical (unpaired) electrons. The van der Waals surface area contributed by atoms with Crippen LogP contribution in [0.15, 0.2) is 87.6 Å². The number of hydrogen-bond donors (Lipinski definition) is 2. The van der Waals surface area contributed by atoms with Crippen LogP contribution in [0.5, 0.6) is 17.4 Å². The molecule has 5 rings (SSSR count). The van der Waals surface area contributed by atoms with E-state index in [0.717, 1.165) is 11.4 Å². The van der Waals surface area contributed by atoms with Gasteiger partial charge in [0.2, 0.25) is 5.88 Å². The number of oxazole rings is 1. The molecule has 0 saturated carbocycles. The Bertz CT molecular complexity index is 1650. The van der Waals surface area contributed by atoms with Gasteiger partial charge < -0.3 is 32.8 Å². The van der Waals surface area contributed by atoms with Crippen LogP contribution in [0.1, 0.15) is 22.7 Å². The number of nitrogens with zero attached hydrogens (tertiary/aromatic N) is 3. The Morgan fingerprint density at radius 3 is 2.55 bits per heavy atom. The SMILES string of the molecule is COc1cc(COc2cc(/C=C/P(=O)(O)O)n(-c3ccccc3)n2)ccc1OCc1nc(-c2ccco2)oc1C. The van der Waals surface area contributed by atoms with Crippen molar-refractivity contribution in [3.8, 4) is 34.7 Å². The summed E-state index contributed by atoms with van der Waals surface area (Å²) in [4.78, 5) is 23.0. The van der Waals surface area contributed by atoms with E-state index in [2.05, 4.69) is 10.1 Å². The van der Waals surface area contributed by atoms with E-state index in [4.69, 9.17) is 23.0 Å². The molecule has 3 heterocycles. The fourth-order valence-corrected chi connectivity index (χ4v) is 4.15. The van der Waals surface area contributed by atoms with E-state index in [1.165, 1.54) is 6.08 Å². The number of benzene rings is 2. The number of para-hydroxylation sites is 1. The van der Waals surface area contributed by atoms with Crippen LogP contribution < -0.4 is 14.2 Å². The van der Waals surface area contributed by atoms with Gasteiger partial charge in [0.05, 0.1) is 24.8 Å². The van der Waals surface area contributed by atoms with Gasteiger partial charge in [-0.15, -0.1) is 5.10 Å². The summed E-state index contributed by atoms with van der Waals surface area (Å²) in [5, 5.41) is 4.46. The number of aromatic nitrogens is 3. The lowest BCUT2D eigenvalue weighted by Gasteiger charge is -2.12. The molecule has 40 heavy (non-hydrogen) atoms. The Labute approximate surface area is 229 Å². The van der Waals surface area contributed by atoms with Crippen LogP contribution in [0.4, 0.5) is 0 Å². The molecule has 0 unspecified atom stereocenters. The molecule has 0 aliphatic carbocycles. The van der Waals surface area contributed by atoms with Crippen molar-refractivity contribution in [2.45, 2.75) is 20.1 Å². The minimum atomic E-state index is -4.35. The molecular weight excluding hydrogens is 537 g/mol. The van der Waals surface area contributed by atoms with Gasteiger partial charge in [-0.05, 0) is 55.0 Å². The third-order valence-corrected chi connectivity index (χ3v) is 6.30. The molecule has 2 aromatic carbocycles. The monoisotopic (exact) mass is 563 g/mol. The molecule has 0 fully saturated rings. The highest BCUT2D eigenvalue weighted by atomic mass is 31.2. The minimum Gasteiger partial charge on any atom is -0.493 e. The summed E-state index contributed by atoms with van der Waals surface area (Å²) in [6.45, 7) is 2.14. The second kappa shape index (κ2) is 11.7. The first-order valence-corrected chi connectivity index (χ1v) is 13.8. The molecule has 206 valence electrons. The standard InChI is InChI=1S/C28H26N3O8P/c1-19-23(29-28(39-19)25-9-6-13-36-25)18-37-24-11-10-20(15-26(24)35-2)17-38-27-16-22(12-14-40(32,33)34)31(30-27)21-7-4-3-5-8-21/h3-16H,17-18H2,1-2H3,(H2,32,33,34)/b14-12+. The number of aryl methyl sites for hydroxylation is 1. The van der Waals surface area contributed by atoms with Gasteiger partial charge in [-0.1, -0.05) is 24.3 Å². The molecule has 0 bridgehead atoms. The van der Waals surface area contributed by atoms with E-state index >= 15 is 0 Å². The van der Waals surface area contributed by atoms with E-state index in [1.807, 2.05) is 43.3 Å². The minimum absolute atomic E-state index is 0.166. The van der Waals surface area contributed by atoms with E-state index in [-0.39, 0.29) is 19.1 Å². The van der Waals surface area contributed by atoms with Crippen LogP contribution in [-0.2, 0) is 17.8 Å². The summed E-state index contributed by atoms with van der Waals surface area (Å²) >= 11 is 0. The number of furan rings is 1. The third kappa shape index (κ3) is 6.52.